The fourth-order valence-corrected chi connectivity index (χ4v) is 4.24. The van der Waals surface area contributed by atoms with Gasteiger partial charge in [-0.2, -0.15) is 0 Å². The molecule has 0 radical (unpaired) electrons. The summed E-state index contributed by atoms with van der Waals surface area (Å²) in [4.78, 5) is 29.0. The third-order valence-electron chi connectivity index (χ3n) is 6.07. The number of piperazine rings is 1. The summed E-state index contributed by atoms with van der Waals surface area (Å²) >= 11 is 5.97. The van der Waals surface area contributed by atoms with E-state index >= 15 is 0 Å². The number of carbonyl (C=O) groups is 2. The van der Waals surface area contributed by atoms with E-state index in [2.05, 4.69) is 10.3 Å². The maximum Gasteiger partial charge on any atom is 0.276 e. The number of hydrogen-bond donors (Lipinski definition) is 0. The summed E-state index contributed by atoms with van der Waals surface area (Å²) in [6.07, 6.45) is -0.179. The summed E-state index contributed by atoms with van der Waals surface area (Å²) in [5.41, 5.74) is 1.97. The van der Waals surface area contributed by atoms with Crippen molar-refractivity contribution in [3.63, 3.8) is 0 Å². The molecule has 2 aliphatic heterocycles. The molecule has 9 nitrogen and oxygen atoms in total. The molecule has 3 aromatic rings. The molecular formula is C24H24ClN5O4. The van der Waals surface area contributed by atoms with Crippen LogP contribution in [0, 0.1) is 0 Å². The van der Waals surface area contributed by atoms with Crippen LogP contribution < -0.4 is 4.74 Å². The highest BCUT2D eigenvalue weighted by Gasteiger charge is 2.32. The van der Waals surface area contributed by atoms with Crippen LogP contribution in [0.15, 0.2) is 54.6 Å². The molecule has 176 valence electrons. The molecule has 0 aliphatic carbocycles. The van der Waals surface area contributed by atoms with E-state index < -0.39 is 0 Å². The summed E-state index contributed by atoms with van der Waals surface area (Å²) in [5, 5.41) is 9.01. The molecule has 2 aliphatic rings. The predicted octanol–water partition coefficient (Wildman–Crippen LogP) is 2.57. The van der Waals surface area contributed by atoms with Crippen LogP contribution >= 0.6 is 11.6 Å². The molecule has 0 bridgehead atoms. The Labute approximate surface area is 201 Å². The van der Waals surface area contributed by atoms with E-state index in [4.69, 9.17) is 21.1 Å². The van der Waals surface area contributed by atoms with Gasteiger partial charge in [-0.1, -0.05) is 47.1 Å². The average molecular weight is 482 g/mol. The van der Waals surface area contributed by atoms with E-state index in [9.17, 15) is 9.59 Å². The van der Waals surface area contributed by atoms with Gasteiger partial charge in [0.05, 0.1) is 18.8 Å². The van der Waals surface area contributed by atoms with E-state index in [-0.39, 0.29) is 31.1 Å². The number of para-hydroxylation sites is 1. The Morgan fingerprint density at radius 2 is 1.71 bits per heavy atom. The van der Waals surface area contributed by atoms with Crippen LogP contribution in [-0.2, 0) is 22.7 Å². The van der Waals surface area contributed by atoms with Crippen molar-refractivity contribution in [1.29, 1.82) is 0 Å². The zero-order valence-electron chi connectivity index (χ0n) is 18.5. The quantitative estimate of drug-likeness (QED) is 0.556. The monoisotopic (exact) mass is 481 g/mol. The van der Waals surface area contributed by atoms with Crippen molar-refractivity contribution >= 4 is 23.4 Å². The molecule has 10 heteroatoms. The maximum absolute atomic E-state index is 13.1. The van der Waals surface area contributed by atoms with Crippen LogP contribution in [0.2, 0.25) is 5.02 Å². The molecular weight excluding hydrogens is 458 g/mol. The Kier molecular flexibility index (Phi) is 6.46. The zero-order chi connectivity index (χ0) is 23.5. The number of halogens is 1. The SMILES string of the molecule is O=C(COc1ccccc1)N1CCN(C(=O)c2nnn3c2CO[C@@H](c2ccc(Cl)cc2)C3)CC1. The molecule has 2 aromatic carbocycles. The van der Waals surface area contributed by atoms with Gasteiger partial charge in [0.2, 0.25) is 0 Å². The highest BCUT2D eigenvalue weighted by atomic mass is 35.5. The minimum absolute atomic E-state index is 0.0252. The van der Waals surface area contributed by atoms with Crippen LogP contribution in [0.4, 0.5) is 0 Å². The van der Waals surface area contributed by atoms with Gasteiger partial charge >= 0.3 is 0 Å². The lowest BCUT2D eigenvalue weighted by molar-refractivity contribution is -0.134. The Morgan fingerprint density at radius 1 is 1.00 bits per heavy atom. The molecule has 5 rings (SSSR count). The lowest BCUT2D eigenvalue weighted by Crippen LogP contribution is -2.51. The number of hydrogen-bond acceptors (Lipinski definition) is 6. The summed E-state index contributed by atoms with van der Waals surface area (Å²) < 4.78 is 13.3. The summed E-state index contributed by atoms with van der Waals surface area (Å²) in [7, 11) is 0. The lowest BCUT2D eigenvalue weighted by Gasteiger charge is -2.34. The van der Waals surface area contributed by atoms with Gasteiger partial charge in [0.25, 0.3) is 11.8 Å². The van der Waals surface area contributed by atoms with Crippen LogP contribution in [0.3, 0.4) is 0 Å². The maximum atomic E-state index is 13.1. The molecule has 0 spiro atoms. The second-order valence-corrected chi connectivity index (χ2v) is 8.63. The number of amides is 2. The van der Waals surface area contributed by atoms with Gasteiger partial charge in [-0.05, 0) is 29.8 Å². The molecule has 1 atom stereocenters. The molecule has 0 unspecified atom stereocenters. The van der Waals surface area contributed by atoms with E-state index in [0.29, 0.717) is 54.9 Å². The van der Waals surface area contributed by atoms with Crippen LogP contribution in [0.25, 0.3) is 0 Å². The van der Waals surface area contributed by atoms with Crippen molar-refractivity contribution in [1.82, 2.24) is 24.8 Å². The number of nitrogens with zero attached hydrogens (tertiary/aromatic N) is 5. The van der Waals surface area contributed by atoms with E-state index in [1.807, 2.05) is 54.6 Å². The Bertz CT molecular complexity index is 1160. The first kappa shape index (κ1) is 22.4. The standard InChI is InChI=1S/C24H24ClN5O4/c25-18-8-6-17(7-9-18)21-14-30-20(15-34-21)23(26-27-30)24(32)29-12-10-28(11-13-29)22(31)16-33-19-4-2-1-3-5-19/h1-9,21H,10-16H2/t21-/m1/s1. The summed E-state index contributed by atoms with van der Waals surface area (Å²) in [6.45, 7) is 2.44. The van der Waals surface area contributed by atoms with E-state index in [1.54, 1.807) is 14.5 Å². The average Bonchev–Trinajstić information content (AvgIpc) is 3.31. The largest absolute Gasteiger partial charge is 0.484 e. The molecule has 1 fully saturated rings. The van der Waals surface area contributed by atoms with E-state index in [1.165, 1.54) is 0 Å². The highest BCUT2D eigenvalue weighted by Crippen LogP contribution is 2.28. The van der Waals surface area contributed by atoms with Crippen LogP contribution in [-0.4, -0.2) is 69.4 Å². The number of ether oxygens (including phenoxy) is 2. The number of aromatic nitrogens is 3. The van der Waals surface area contributed by atoms with Crippen molar-refractivity contribution in [3.8, 4) is 5.75 Å². The van der Waals surface area contributed by atoms with Crippen LogP contribution in [0.5, 0.6) is 5.75 Å². The Hall–Kier alpha value is -3.43. The molecule has 3 heterocycles. The Morgan fingerprint density at radius 3 is 2.44 bits per heavy atom. The summed E-state index contributed by atoms with van der Waals surface area (Å²) in [5.74, 6) is 0.364. The first-order chi connectivity index (χ1) is 16.6. The minimum atomic E-state index is -0.192. The third-order valence-corrected chi connectivity index (χ3v) is 6.32. The van der Waals surface area contributed by atoms with Gasteiger partial charge in [0.15, 0.2) is 12.3 Å². The Balaban J connectivity index is 1.16. The smallest absolute Gasteiger partial charge is 0.276 e. The zero-order valence-corrected chi connectivity index (χ0v) is 19.2. The molecule has 0 saturated carbocycles. The van der Waals surface area contributed by atoms with Crippen molar-refractivity contribution in [2.75, 3.05) is 32.8 Å². The minimum Gasteiger partial charge on any atom is -0.484 e. The van der Waals surface area contributed by atoms with E-state index in [0.717, 1.165) is 5.56 Å². The second kappa shape index (κ2) is 9.82. The molecule has 0 N–H and O–H groups in total. The van der Waals surface area contributed by atoms with Gasteiger partial charge in [-0.15, -0.1) is 5.10 Å². The van der Waals surface area contributed by atoms with Gasteiger partial charge < -0.3 is 19.3 Å². The van der Waals surface area contributed by atoms with Gasteiger partial charge in [-0.3, -0.25) is 9.59 Å². The first-order valence-corrected chi connectivity index (χ1v) is 11.5. The lowest BCUT2D eigenvalue weighted by atomic mass is 10.1. The molecule has 2 amide bonds. The first-order valence-electron chi connectivity index (χ1n) is 11.1. The van der Waals surface area contributed by atoms with Crippen molar-refractivity contribution < 1.29 is 19.1 Å². The fourth-order valence-electron chi connectivity index (χ4n) is 4.12. The third kappa shape index (κ3) is 4.76. The highest BCUT2D eigenvalue weighted by molar-refractivity contribution is 6.30. The van der Waals surface area contributed by atoms with Gasteiger partial charge in [0, 0.05) is 31.2 Å². The van der Waals surface area contributed by atoms with Crippen molar-refractivity contribution in [2.45, 2.75) is 19.3 Å². The molecule has 34 heavy (non-hydrogen) atoms. The molecule has 1 aromatic heterocycles. The molecule has 1 saturated heterocycles. The van der Waals surface area contributed by atoms with Gasteiger partial charge in [0.1, 0.15) is 11.9 Å². The number of benzene rings is 2. The second-order valence-electron chi connectivity index (χ2n) is 8.19. The van der Waals surface area contributed by atoms with Gasteiger partial charge in [-0.25, -0.2) is 4.68 Å². The topological polar surface area (TPSA) is 89.8 Å². The number of fused-ring (bicyclic) bond motifs is 1. The fraction of sp³-hybridized carbons (Fsp3) is 0.333. The number of carbonyl (C=O) groups excluding carboxylic acids is 2. The van der Waals surface area contributed by atoms with Crippen LogP contribution in [0.1, 0.15) is 27.8 Å². The van der Waals surface area contributed by atoms with Crippen molar-refractivity contribution in [3.05, 3.63) is 76.6 Å². The normalized spacial score (nSPS) is 17.9. The summed E-state index contributed by atoms with van der Waals surface area (Å²) in [6, 6.07) is 16.7. The number of rotatable bonds is 5. The van der Waals surface area contributed by atoms with Crippen molar-refractivity contribution in [2.24, 2.45) is 0 Å². The predicted molar refractivity (Wildman–Crippen MR) is 123 cm³/mol.